The zero-order valence-electron chi connectivity index (χ0n) is 17.7. The van der Waals surface area contributed by atoms with Crippen LogP contribution in [0, 0.1) is 5.82 Å². The second-order valence-electron chi connectivity index (χ2n) is 7.86. The summed E-state index contributed by atoms with van der Waals surface area (Å²) in [7, 11) is 0. The number of nitrogens with zero attached hydrogens (tertiary/aromatic N) is 1. The Morgan fingerprint density at radius 3 is 2.35 bits per heavy atom. The molecule has 0 radical (unpaired) electrons. The first-order chi connectivity index (χ1) is 16.2. The van der Waals surface area contributed by atoms with Crippen LogP contribution >= 0.6 is 34.8 Å². The molecule has 5 nitrogen and oxygen atoms in total. The third-order valence-corrected chi connectivity index (χ3v) is 6.45. The summed E-state index contributed by atoms with van der Waals surface area (Å²) in [6.07, 6.45) is 0.167. The Balaban J connectivity index is 1.65. The number of hydrogen-bond acceptors (Lipinski definition) is 3. The molecule has 1 aliphatic heterocycles. The van der Waals surface area contributed by atoms with Gasteiger partial charge in [0.15, 0.2) is 17.7 Å². The highest BCUT2D eigenvalue weighted by Crippen LogP contribution is 2.36. The number of carboxylic acids is 1. The molecule has 4 rings (SSSR count). The summed E-state index contributed by atoms with van der Waals surface area (Å²) in [5.41, 5.74) is 1.29. The number of rotatable bonds is 6. The van der Waals surface area contributed by atoms with E-state index in [0.29, 0.717) is 45.6 Å². The number of halogens is 4. The molecular formula is C25H19Cl3FNO4. The van der Waals surface area contributed by atoms with Crippen molar-refractivity contribution in [2.75, 3.05) is 6.54 Å². The first kappa shape index (κ1) is 24.3. The molecule has 1 heterocycles. The minimum Gasteiger partial charge on any atom is -0.480 e. The average molecular weight is 523 g/mol. The number of likely N-dealkylation sites (tertiary alicyclic amines) is 1. The van der Waals surface area contributed by atoms with Gasteiger partial charge in [-0.2, -0.15) is 0 Å². The van der Waals surface area contributed by atoms with Gasteiger partial charge in [-0.05, 0) is 60.9 Å². The van der Waals surface area contributed by atoms with Crippen LogP contribution in [0.1, 0.15) is 40.4 Å². The first-order valence-corrected chi connectivity index (χ1v) is 11.6. The molecule has 0 spiro atoms. The van der Waals surface area contributed by atoms with Crippen molar-refractivity contribution in [3.63, 3.8) is 0 Å². The Morgan fingerprint density at radius 2 is 1.71 bits per heavy atom. The highest BCUT2D eigenvalue weighted by molar-refractivity contribution is 6.35. The Hall–Kier alpha value is -2.80. The lowest BCUT2D eigenvalue weighted by atomic mass is 10.0. The first-order valence-electron chi connectivity index (χ1n) is 10.4. The predicted molar refractivity (Wildman–Crippen MR) is 128 cm³/mol. The number of carbonyl (C=O) groups excluding carboxylic acids is 1. The van der Waals surface area contributed by atoms with Crippen LogP contribution in [-0.2, 0) is 4.79 Å². The second kappa shape index (κ2) is 10.2. The van der Waals surface area contributed by atoms with Crippen molar-refractivity contribution in [2.24, 2.45) is 0 Å². The summed E-state index contributed by atoms with van der Waals surface area (Å²) in [5, 5.41) is 10.6. The number of carboxylic acid groups (broad SMARTS) is 1. The molecule has 0 aromatic heterocycles. The standard InChI is InChI=1S/C25H19Cl3FNO4/c26-16-6-3-14(4-7-16)23(18-9-8-17(27)13-19(18)28)34-22-10-5-15(12-20(22)29)24(31)30-11-1-2-21(30)25(32)33/h3-10,12-13,21,23H,1-2,11H2,(H,32,33)/t21-,23?/m0/s1. The van der Waals surface area contributed by atoms with Crippen LogP contribution in [0.15, 0.2) is 60.7 Å². The summed E-state index contributed by atoms with van der Waals surface area (Å²) in [6, 6.07) is 14.7. The van der Waals surface area contributed by atoms with Crippen LogP contribution in [-0.4, -0.2) is 34.5 Å². The van der Waals surface area contributed by atoms with E-state index in [9.17, 15) is 14.7 Å². The third-order valence-electron chi connectivity index (χ3n) is 5.64. The fourth-order valence-corrected chi connectivity index (χ4v) is 4.59. The van der Waals surface area contributed by atoms with Crippen molar-refractivity contribution in [1.29, 1.82) is 0 Å². The monoisotopic (exact) mass is 521 g/mol. The molecule has 3 aromatic rings. The van der Waals surface area contributed by atoms with Crippen molar-refractivity contribution >= 4 is 46.7 Å². The maximum atomic E-state index is 15.1. The average Bonchev–Trinajstić information content (AvgIpc) is 3.29. The molecule has 1 saturated heterocycles. The van der Waals surface area contributed by atoms with Gasteiger partial charge in [0.05, 0.1) is 0 Å². The predicted octanol–water partition coefficient (Wildman–Crippen LogP) is 6.64. The minimum absolute atomic E-state index is 0.0468. The van der Waals surface area contributed by atoms with E-state index in [0.717, 1.165) is 6.07 Å². The molecular weight excluding hydrogens is 504 g/mol. The number of amides is 1. The van der Waals surface area contributed by atoms with Gasteiger partial charge in [-0.1, -0.05) is 53.0 Å². The normalized spacial score (nSPS) is 16.4. The zero-order chi connectivity index (χ0) is 24.4. The van der Waals surface area contributed by atoms with Gasteiger partial charge < -0.3 is 14.7 Å². The summed E-state index contributed by atoms with van der Waals surface area (Å²) in [5.74, 6) is -2.47. The van der Waals surface area contributed by atoms with Crippen LogP contribution < -0.4 is 4.74 Å². The molecule has 3 aromatic carbocycles. The lowest BCUT2D eigenvalue weighted by molar-refractivity contribution is -0.141. The summed E-state index contributed by atoms with van der Waals surface area (Å²) in [4.78, 5) is 25.5. The molecule has 1 amide bonds. The summed E-state index contributed by atoms with van der Waals surface area (Å²) >= 11 is 18.5. The van der Waals surface area contributed by atoms with Crippen LogP contribution in [0.2, 0.25) is 15.1 Å². The Labute approximate surface area is 210 Å². The van der Waals surface area contributed by atoms with Gasteiger partial charge in [0.1, 0.15) is 6.04 Å². The highest BCUT2D eigenvalue weighted by Gasteiger charge is 2.34. The van der Waals surface area contributed by atoms with Gasteiger partial charge in [0.2, 0.25) is 0 Å². The van der Waals surface area contributed by atoms with Gasteiger partial charge in [0.25, 0.3) is 5.91 Å². The topological polar surface area (TPSA) is 66.8 Å². The second-order valence-corrected chi connectivity index (χ2v) is 9.14. The summed E-state index contributed by atoms with van der Waals surface area (Å²) in [6.45, 7) is 0.309. The molecule has 1 N–H and O–H groups in total. The number of benzene rings is 3. The van der Waals surface area contributed by atoms with Crippen molar-refractivity contribution in [1.82, 2.24) is 4.90 Å². The molecule has 2 atom stereocenters. The van der Waals surface area contributed by atoms with Gasteiger partial charge in [-0.3, -0.25) is 4.79 Å². The van der Waals surface area contributed by atoms with E-state index in [-0.39, 0.29) is 11.3 Å². The van der Waals surface area contributed by atoms with Crippen LogP contribution in [0.25, 0.3) is 0 Å². The fourth-order valence-electron chi connectivity index (χ4n) is 3.95. The van der Waals surface area contributed by atoms with E-state index in [1.807, 2.05) is 0 Å². The Morgan fingerprint density at radius 1 is 1.00 bits per heavy atom. The van der Waals surface area contributed by atoms with Crippen molar-refractivity contribution in [2.45, 2.75) is 25.0 Å². The van der Waals surface area contributed by atoms with E-state index in [1.54, 1.807) is 42.5 Å². The Kier molecular flexibility index (Phi) is 7.31. The van der Waals surface area contributed by atoms with E-state index in [2.05, 4.69) is 0 Å². The van der Waals surface area contributed by atoms with E-state index < -0.39 is 29.8 Å². The van der Waals surface area contributed by atoms with Gasteiger partial charge in [-0.25, -0.2) is 9.18 Å². The van der Waals surface area contributed by atoms with E-state index >= 15 is 4.39 Å². The molecule has 9 heteroatoms. The molecule has 0 aliphatic carbocycles. The minimum atomic E-state index is -1.07. The fraction of sp³-hybridized carbons (Fsp3) is 0.200. The molecule has 1 unspecified atom stereocenters. The Bertz CT molecular complexity index is 1240. The molecule has 176 valence electrons. The lowest BCUT2D eigenvalue weighted by Gasteiger charge is -2.23. The van der Waals surface area contributed by atoms with Crippen LogP contribution in [0.3, 0.4) is 0 Å². The number of aliphatic carboxylic acids is 1. The van der Waals surface area contributed by atoms with Crippen molar-refractivity contribution in [3.8, 4) is 5.75 Å². The molecule has 0 saturated carbocycles. The van der Waals surface area contributed by atoms with Crippen LogP contribution in [0.4, 0.5) is 4.39 Å². The smallest absolute Gasteiger partial charge is 0.326 e. The molecule has 1 fully saturated rings. The third kappa shape index (κ3) is 5.14. The zero-order valence-corrected chi connectivity index (χ0v) is 19.9. The largest absolute Gasteiger partial charge is 0.480 e. The van der Waals surface area contributed by atoms with Crippen molar-refractivity contribution in [3.05, 3.63) is 98.2 Å². The maximum Gasteiger partial charge on any atom is 0.326 e. The molecule has 34 heavy (non-hydrogen) atoms. The van der Waals surface area contributed by atoms with Gasteiger partial charge in [0, 0.05) is 32.7 Å². The van der Waals surface area contributed by atoms with Gasteiger partial charge >= 0.3 is 5.97 Å². The lowest BCUT2D eigenvalue weighted by Crippen LogP contribution is -2.40. The van der Waals surface area contributed by atoms with Gasteiger partial charge in [-0.15, -0.1) is 0 Å². The quantitative estimate of drug-likeness (QED) is 0.394. The highest BCUT2D eigenvalue weighted by atomic mass is 35.5. The SMILES string of the molecule is O=C(O)[C@@H]1CCCN1C(=O)c1ccc(OC(c2ccc(Cl)cc2)c2ccc(Cl)cc2Cl)c(F)c1. The number of ether oxygens (including phenoxy) is 1. The molecule has 0 bridgehead atoms. The number of carbonyl (C=O) groups is 2. The number of hydrogen-bond donors (Lipinski definition) is 1. The molecule has 1 aliphatic rings. The maximum absolute atomic E-state index is 15.1. The van der Waals surface area contributed by atoms with Crippen LogP contribution in [0.5, 0.6) is 5.75 Å². The van der Waals surface area contributed by atoms with Crippen molar-refractivity contribution < 1.29 is 23.8 Å². The summed E-state index contributed by atoms with van der Waals surface area (Å²) < 4.78 is 21.1. The van der Waals surface area contributed by atoms with E-state index in [1.165, 1.54) is 17.0 Å². The van der Waals surface area contributed by atoms with E-state index in [4.69, 9.17) is 39.5 Å².